The first-order valence-corrected chi connectivity index (χ1v) is 5.63. The highest BCUT2D eigenvalue weighted by Crippen LogP contribution is 2.29. The zero-order valence-electron chi connectivity index (χ0n) is 8.12. The second-order valence-corrected chi connectivity index (χ2v) is 4.44. The van der Waals surface area contributed by atoms with Crippen LogP contribution in [0, 0.1) is 0 Å². The number of rotatable bonds is 2. The number of aldehydes is 1. The third kappa shape index (κ3) is 1.65. The number of carbonyl (C=O) groups excluding carboxylic acids is 1. The summed E-state index contributed by atoms with van der Waals surface area (Å²) in [5.41, 5.74) is 2.52. The van der Waals surface area contributed by atoms with E-state index in [-0.39, 0.29) is 6.04 Å². The molecule has 0 aromatic carbocycles. The summed E-state index contributed by atoms with van der Waals surface area (Å²) in [6, 6.07) is 3.99. The maximum Gasteiger partial charge on any atom is 0.141 e. The number of hydrogen-bond acceptors (Lipinski definition) is 3. The van der Waals surface area contributed by atoms with E-state index in [9.17, 15) is 4.79 Å². The number of nitrogens with one attached hydrogen (secondary N) is 1. The van der Waals surface area contributed by atoms with Gasteiger partial charge < -0.3 is 10.1 Å². The summed E-state index contributed by atoms with van der Waals surface area (Å²) < 4.78 is 0. The molecule has 0 aliphatic carbocycles. The molecule has 1 N–H and O–H groups in total. The van der Waals surface area contributed by atoms with Crippen LogP contribution in [-0.2, 0) is 4.79 Å². The van der Waals surface area contributed by atoms with Gasteiger partial charge in [-0.1, -0.05) is 11.6 Å². The van der Waals surface area contributed by atoms with Crippen LogP contribution in [-0.4, -0.2) is 18.9 Å². The molecule has 2 heterocycles. The largest absolute Gasteiger partial charge is 0.304 e. The standard InChI is InChI=1S/C11H13NOS/c1-8-4-5-12-9(7-13)11(8)10-3-2-6-14-10/h2-3,6-7,9,12H,4-5H2,1H3. The molecule has 2 nitrogen and oxygen atoms in total. The monoisotopic (exact) mass is 207 g/mol. The molecule has 0 radical (unpaired) electrons. The van der Waals surface area contributed by atoms with Crippen LogP contribution in [0.25, 0.3) is 5.57 Å². The quantitative estimate of drug-likeness (QED) is 0.752. The second kappa shape index (κ2) is 4.07. The van der Waals surface area contributed by atoms with Gasteiger partial charge in [-0.2, -0.15) is 0 Å². The zero-order valence-corrected chi connectivity index (χ0v) is 8.93. The van der Waals surface area contributed by atoms with Crippen LogP contribution in [0.5, 0.6) is 0 Å². The van der Waals surface area contributed by atoms with Crippen LogP contribution in [0.1, 0.15) is 18.2 Å². The molecule has 74 valence electrons. The van der Waals surface area contributed by atoms with Crippen molar-refractivity contribution in [3.8, 4) is 0 Å². The molecule has 0 spiro atoms. The molecule has 1 aromatic rings. The summed E-state index contributed by atoms with van der Waals surface area (Å²) in [6.07, 6.45) is 2.04. The molecule has 1 aliphatic heterocycles. The molecular formula is C11H13NOS. The van der Waals surface area contributed by atoms with Crippen molar-refractivity contribution < 1.29 is 4.79 Å². The third-order valence-corrected chi connectivity index (χ3v) is 3.46. The maximum atomic E-state index is 10.9. The van der Waals surface area contributed by atoms with Crippen LogP contribution < -0.4 is 5.32 Å². The lowest BCUT2D eigenvalue weighted by Gasteiger charge is -2.24. The summed E-state index contributed by atoms with van der Waals surface area (Å²) in [6.45, 7) is 3.02. The fourth-order valence-electron chi connectivity index (χ4n) is 1.83. The van der Waals surface area contributed by atoms with E-state index in [2.05, 4.69) is 18.3 Å². The lowest BCUT2D eigenvalue weighted by Crippen LogP contribution is -2.36. The minimum atomic E-state index is -0.109. The fourth-order valence-corrected chi connectivity index (χ4v) is 2.72. The van der Waals surface area contributed by atoms with E-state index in [1.54, 1.807) is 11.3 Å². The molecule has 3 heteroatoms. The predicted octanol–water partition coefficient (Wildman–Crippen LogP) is 2.08. The van der Waals surface area contributed by atoms with Crippen molar-refractivity contribution in [2.24, 2.45) is 0 Å². The van der Waals surface area contributed by atoms with Gasteiger partial charge in [-0.05, 0) is 36.9 Å². The van der Waals surface area contributed by atoms with Gasteiger partial charge in [-0.25, -0.2) is 0 Å². The first-order valence-electron chi connectivity index (χ1n) is 4.75. The summed E-state index contributed by atoms with van der Waals surface area (Å²) in [4.78, 5) is 12.1. The average Bonchev–Trinajstić information content (AvgIpc) is 2.70. The van der Waals surface area contributed by atoms with E-state index in [1.165, 1.54) is 16.0 Å². The minimum absolute atomic E-state index is 0.109. The van der Waals surface area contributed by atoms with Crippen molar-refractivity contribution in [2.45, 2.75) is 19.4 Å². The Labute approximate surface area is 87.6 Å². The van der Waals surface area contributed by atoms with Crippen molar-refractivity contribution in [1.82, 2.24) is 5.32 Å². The first kappa shape index (κ1) is 9.62. The van der Waals surface area contributed by atoms with Crippen molar-refractivity contribution in [2.75, 3.05) is 6.54 Å². The van der Waals surface area contributed by atoms with Crippen molar-refractivity contribution in [1.29, 1.82) is 0 Å². The summed E-state index contributed by atoms with van der Waals surface area (Å²) >= 11 is 1.70. The average molecular weight is 207 g/mol. The lowest BCUT2D eigenvalue weighted by molar-refractivity contribution is -0.108. The van der Waals surface area contributed by atoms with E-state index < -0.39 is 0 Å². The van der Waals surface area contributed by atoms with Gasteiger partial charge in [0.05, 0.1) is 6.04 Å². The summed E-state index contributed by atoms with van der Waals surface area (Å²) in [7, 11) is 0. The van der Waals surface area contributed by atoms with Crippen LogP contribution >= 0.6 is 11.3 Å². The highest BCUT2D eigenvalue weighted by atomic mass is 32.1. The lowest BCUT2D eigenvalue weighted by atomic mass is 9.95. The van der Waals surface area contributed by atoms with Gasteiger partial charge in [0.2, 0.25) is 0 Å². The predicted molar refractivity (Wildman–Crippen MR) is 59.4 cm³/mol. The molecule has 1 aliphatic rings. The smallest absolute Gasteiger partial charge is 0.141 e. The van der Waals surface area contributed by atoms with Crippen molar-refractivity contribution in [3.05, 3.63) is 28.0 Å². The Morgan fingerprint density at radius 3 is 3.14 bits per heavy atom. The molecule has 0 amide bonds. The van der Waals surface area contributed by atoms with E-state index in [0.717, 1.165) is 19.3 Å². The Hall–Kier alpha value is -0.930. The van der Waals surface area contributed by atoms with E-state index in [4.69, 9.17) is 0 Å². The van der Waals surface area contributed by atoms with Crippen LogP contribution in [0.4, 0.5) is 0 Å². The normalized spacial score (nSPS) is 22.5. The third-order valence-electron chi connectivity index (χ3n) is 2.56. The van der Waals surface area contributed by atoms with Gasteiger partial charge in [-0.15, -0.1) is 11.3 Å². The molecule has 14 heavy (non-hydrogen) atoms. The van der Waals surface area contributed by atoms with Crippen LogP contribution in [0.3, 0.4) is 0 Å². The Morgan fingerprint density at radius 2 is 2.50 bits per heavy atom. The number of thiophene rings is 1. The summed E-state index contributed by atoms with van der Waals surface area (Å²) in [5, 5.41) is 5.27. The van der Waals surface area contributed by atoms with Gasteiger partial charge in [0.15, 0.2) is 0 Å². The molecule has 1 unspecified atom stereocenters. The second-order valence-electron chi connectivity index (χ2n) is 3.49. The highest BCUT2D eigenvalue weighted by Gasteiger charge is 2.21. The van der Waals surface area contributed by atoms with Gasteiger partial charge >= 0.3 is 0 Å². The molecular weight excluding hydrogens is 194 g/mol. The van der Waals surface area contributed by atoms with Gasteiger partial charge in [0, 0.05) is 4.88 Å². The SMILES string of the molecule is CC1=C(c2cccs2)C(C=O)NCC1. The Morgan fingerprint density at radius 1 is 1.64 bits per heavy atom. The van der Waals surface area contributed by atoms with Gasteiger partial charge in [-0.3, -0.25) is 0 Å². The van der Waals surface area contributed by atoms with Crippen molar-refractivity contribution in [3.63, 3.8) is 0 Å². The maximum absolute atomic E-state index is 10.9. The molecule has 2 rings (SSSR count). The molecule has 1 aromatic heterocycles. The van der Waals surface area contributed by atoms with Gasteiger partial charge in [0.25, 0.3) is 0 Å². The molecule has 0 saturated heterocycles. The van der Waals surface area contributed by atoms with Crippen molar-refractivity contribution >= 4 is 23.2 Å². The Kier molecular flexibility index (Phi) is 2.79. The van der Waals surface area contributed by atoms with Crippen LogP contribution in [0.15, 0.2) is 23.1 Å². The van der Waals surface area contributed by atoms with E-state index in [1.807, 2.05) is 11.4 Å². The number of carbonyl (C=O) groups is 1. The molecule has 0 bridgehead atoms. The summed E-state index contributed by atoms with van der Waals surface area (Å²) in [5.74, 6) is 0. The fraction of sp³-hybridized carbons (Fsp3) is 0.364. The van der Waals surface area contributed by atoms with Crippen LogP contribution in [0.2, 0.25) is 0 Å². The zero-order chi connectivity index (χ0) is 9.97. The molecule has 0 fully saturated rings. The number of hydrogen-bond donors (Lipinski definition) is 1. The van der Waals surface area contributed by atoms with E-state index >= 15 is 0 Å². The topological polar surface area (TPSA) is 29.1 Å². The van der Waals surface area contributed by atoms with E-state index in [0.29, 0.717) is 0 Å². The highest BCUT2D eigenvalue weighted by molar-refractivity contribution is 7.11. The van der Waals surface area contributed by atoms with Gasteiger partial charge in [0.1, 0.15) is 6.29 Å². The first-order chi connectivity index (χ1) is 6.83. The Balaban J connectivity index is 2.42. The minimum Gasteiger partial charge on any atom is -0.304 e. The Bertz CT molecular complexity index is 353. The molecule has 1 atom stereocenters. The molecule has 0 saturated carbocycles.